The number of aliphatic carboxylic acids is 1. The Morgan fingerprint density at radius 2 is 1.71 bits per heavy atom. The molecular weight excluding hydrogens is 222 g/mol. The number of nitrogens with one attached hydrogen (secondary N) is 1. The lowest BCUT2D eigenvalue weighted by atomic mass is 9.63. The van der Waals surface area contributed by atoms with Gasteiger partial charge in [-0.05, 0) is 46.5 Å². The first kappa shape index (κ1) is 12.2. The van der Waals surface area contributed by atoms with Crippen molar-refractivity contribution in [3.63, 3.8) is 0 Å². The Bertz CT molecular complexity index is 367. The van der Waals surface area contributed by atoms with Crippen molar-refractivity contribution >= 4 is 12.1 Å². The summed E-state index contributed by atoms with van der Waals surface area (Å²) in [5, 5.41) is 11.9. The topological polar surface area (TPSA) is 75.6 Å². The van der Waals surface area contributed by atoms with Crippen molar-refractivity contribution in [1.29, 1.82) is 0 Å². The number of carboxylic acid groups (broad SMARTS) is 1. The fourth-order valence-corrected chi connectivity index (χ4v) is 2.62. The van der Waals surface area contributed by atoms with Gasteiger partial charge in [0.25, 0.3) is 0 Å². The molecule has 17 heavy (non-hydrogen) atoms. The molecule has 2 aliphatic rings. The molecule has 1 amide bonds. The van der Waals surface area contributed by atoms with Crippen LogP contribution in [0.5, 0.6) is 0 Å². The summed E-state index contributed by atoms with van der Waals surface area (Å²) in [6.07, 6.45) is 2.52. The summed E-state index contributed by atoms with van der Waals surface area (Å²) in [6.45, 7) is 5.27. The Morgan fingerprint density at radius 3 is 2.00 bits per heavy atom. The van der Waals surface area contributed by atoms with Gasteiger partial charge in [-0.3, -0.25) is 0 Å². The highest BCUT2D eigenvalue weighted by atomic mass is 16.6. The molecule has 0 heterocycles. The predicted molar refractivity (Wildman–Crippen MR) is 60.6 cm³/mol. The zero-order valence-electron chi connectivity index (χ0n) is 10.5. The number of carbonyl (C=O) groups is 2. The number of rotatable bonds is 2. The average molecular weight is 241 g/mol. The lowest BCUT2D eigenvalue weighted by molar-refractivity contribution is -0.155. The van der Waals surface area contributed by atoms with E-state index in [9.17, 15) is 14.7 Å². The molecule has 0 aromatic heterocycles. The smallest absolute Gasteiger partial charge is 0.408 e. The molecule has 0 bridgehead atoms. The second-order valence-electron chi connectivity index (χ2n) is 6.12. The maximum absolute atomic E-state index is 11.7. The largest absolute Gasteiger partial charge is 0.479 e. The van der Waals surface area contributed by atoms with Crippen LogP contribution in [0.2, 0.25) is 0 Å². The van der Waals surface area contributed by atoms with E-state index in [4.69, 9.17) is 4.74 Å². The maximum atomic E-state index is 11.7. The summed E-state index contributed by atoms with van der Waals surface area (Å²) in [4.78, 5) is 23.1. The Hall–Kier alpha value is -1.26. The number of carboxylic acids is 1. The Kier molecular flexibility index (Phi) is 2.42. The van der Waals surface area contributed by atoms with Crippen molar-refractivity contribution in [3.8, 4) is 0 Å². The summed E-state index contributed by atoms with van der Waals surface area (Å²) in [5.41, 5.74) is -1.89. The van der Waals surface area contributed by atoms with Crippen molar-refractivity contribution in [3.05, 3.63) is 0 Å². The number of amides is 1. The van der Waals surface area contributed by atoms with Gasteiger partial charge in [0.1, 0.15) is 11.1 Å². The molecule has 2 saturated carbocycles. The van der Waals surface area contributed by atoms with E-state index in [1.165, 1.54) is 0 Å². The standard InChI is InChI=1S/C12H19NO4/c1-10(2,3)17-9(16)13-12(8(14)15)7-6-11(12)4-5-11/h4-7H2,1-3H3,(H,13,16)(H,14,15). The third kappa shape index (κ3) is 1.87. The molecule has 1 atom stereocenters. The first-order valence-corrected chi connectivity index (χ1v) is 5.95. The van der Waals surface area contributed by atoms with Crippen LogP contribution in [-0.4, -0.2) is 28.3 Å². The van der Waals surface area contributed by atoms with E-state index in [1.54, 1.807) is 20.8 Å². The maximum Gasteiger partial charge on any atom is 0.408 e. The molecular formula is C12H19NO4. The molecule has 0 aromatic rings. The lowest BCUT2D eigenvalue weighted by Gasteiger charge is -2.47. The average Bonchev–Trinajstić information content (AvgIpc) is 2.89. The molecule has 2 N–H and O–H groups in total. The summed E-state index contributed by atoms with van der Waals surface area (Å²) in [6, 6.07) is 0. The molecule has 1 unspecified atom stereocenters. The third-order valence-electron chi connectivity index (χ3n) is 3.82. The summed E-state index contributed by atoms with van der Waals surface area (Å²) in [7, 11) is 0. The molecule has 5 heteroatoms. The van der Waals surface area contributed by atoms with Gasteiger partial charge in [-0.25, -0.2) is 9.59 Å². The Labute approximate surface area is 101 Å². The molecule has 2 aliphatic carbocycles. The molecule has 2 fully saturated rings. The summed E-state index contributed by atoms with van der Waals surface area (Å²) in [5.74, 6) is -0.938. The third-order valence-corrected chi connectivity index (χ3v) is 3.82. The van der Waals surface area contributed by atoms with E-state index in [0.717, 1.165) is 19.3 Å². The highest BCUT2D eigenvalue weighted by Crippen LogP contribution is 2.66. The van der Waals surface area contributed by atoms with Crippen LogP contribution < -0.4 is 5.32 Å². The van der Waals surface area contributed by atoms with Crippen LogP contribution in [0.1, 0.15) is 46.5 Å². The minimum absolute atomic E-state index is 0.199. The minimum Gasteiger partial charge on any atom is -0.479 e. The van der Waals surface area contributed by atoms with Gasteiger partial charge in [-0.1, -0.05) is 0 Å². The van der Waals surface area contributed by atoms with Crippen LogP contribution in [0.15, 0.2) is 0 Å². The van der Waals surface area contributed by atoms with E-state index < -0.39 is 23.2 Å². The number of alkyl carbamates (subject to hydrolysis) is 1. The predicted octanol–water partition coefficient (Wildman–Crippen LogP) is 1.91. The van der Waals surface area contributed by atoms with Gasteiger partial charge in [0.05, 0.1) is 0 Å². The molecule has 0 aliphatic heterocycles. The zero-order valence-corrected chi connectivity index (χ0v) is 10.5. The van der Waals surface area contributed by atoms with Crippen molar-refractivity contribution in [2.75, 3.05) is 0 Å². The van der Waals surface area contributed by atoms with E-state index >= 15 is 0 Å². The first-order chi connectivity index (χ1) is 7.71. The second-order valence-corrected chi connectivity index (χ2v) is 6.12. The monoisotopic (exact) mass is 241 g/mol. The normalized spacial score (nSPS) is 29.4. The quantitative estimate of drug-likeness (QED) is 0.774. The number of carbonyl (C=O) groups excluding carboxylic acids is 1. The van der Waals surface area contributed by atoms with Crippen molar-refractivity contribution < 1.29 is 19.4 Å². The van der Waals surface area contributed by atoms with Gasteiger partial charge in [-0.15, -0.1) is 0 Å². The first-order valence-electron chi connectivity index (χ1n) is 5.95. The van der Waals surface area contributed by atoms with Crippen LogP contribution >= 0.6 is 0 Å². The summed E-state index contributed by atoms with van der Waals surface area (Å²) >= 11 is 0. The fourth-order valence-electron chi connectivity index (χ4n) is 2.62. The highest BCUT2D eigenvalue weighted by Gasteiger charge is 2.71. The number of hydrogen-bond donors (Lipinski definition) is 2. The van der Waals surface area contributed by atoms with E-state index in [2.05, 4.69) is 5.32 Å². The van der Waals surface area contributed by atoms with Gasteiger partial charge in [0, 0.05) is 5.41 Å². The van der Waals surface area contributed by atoms with Gasteiger partial charge in [-0.2, -0.15) is 0 Å². The van der Waals surface area contributed by atoms with Crippen molar-refractivity contribution in [2.45, 2.75) is 57.6 Å². The van der Waals surface area contributed by atoms with E-state index in [1.807, 2.05) is 0 Å². The van der Waals surface area contributed by atoms with Crippen LogP contribution in [0.3, 0.4) is 0 Å². The summed E-state index contributed by atoms with van der Waals surface area (Å²) < 4.78 is 5.13. The Morgan fingerprint density at radius 1 is 1.18 bits per heavy atom. The fraction of sp³-hybridized carbons (Fsp3) is 0.833. The lowest BCUT2D eigenvalue weighted by Crippen LogP contribution is -2.66. The number of hydrogen-bond acceptors (Lipinski definition) is 3. The van der Waals surface area contributed by atoms with Gasteiger partial charge in [0.15, 0.2) is 0 Å². The second kappa shape index (κ2) is 3.37. The Balaban J connectivity index is 2.06. The van der Waals surface area contributed by atoms with Crippen LogP contribution in [0, 0.1) is 5.41 Å². The molecule has 0 radical (unpaired) electrons. The van der Waals surface area contributed by atoms with Gasteiger partial charge < -0.3 is 15.2 Å². The molecule has 96 valence electrons. The molecule has 5 nitrogen and oxygen atoms in total. The van der Waals surface area contributed by atoms with Gasteiger partial charge >= 0.3 is 12.1 Å². The van der Waals surface area contributed by atoms with Crippen LogP contribution in [0.25, 0.3) is 0 Å². The molecule has 0 saturated heterocycles. The van der Waals surface area contributed by atoms with E-state index in [-0.39, 0.29) is 5.41 Å². The molecule has 1 spiro atoms. The van der Waals surface area contributed by atoms with Gasteiger partial charge in [0.2, 0.25) is 0 Å². The minimum atomic E-state index is -1.09. The van der Waals surface area contributed by atoms with E-state index in [0.29, 0.717) is 6.42 Å². The van der Waals surface area contributed by atoms with Crippen LogP contribution in [0.4, 0.5) is 4.79 Å². The highest BCUT2D eigenvalue weighted by molar-refractivity contribution is 5.87. The van der Waals surface area contributed by atoms with Crippen molar-refractivity contribution in [1.82, 2.24) is 5.32 Å². The van der Waals surface area contributed by atoms with Crippen LogP contribution in [-0.2, 0) is 9.53 Å². The molecule has 2 rings (SSSR count). The number of ether oxygens (including phenoxy) is 1. The SMILES string of the molecule is CC(C)(C)OC(=O)NC1(C(=O)O)CCC12CC2. The van der Waals surface area contributed by atoms with Crippen molar-refractivity contribution in [2.24, 2.45) is 5.41 Å². The molecule has 0 aromatic carbocycles. The zero-order chi connectivity index (χ0) is 12.9.